The molecule has 0 radical (unpaired) electrons. The molecule has 0 N–H and O–H groups in total. The van der Waals surface area contributed by atoms with E-state index in [0.29, 0.717) is 56.3 Å². The fourth-order valence-corrected chi connectivity index (χ4v) is 6.71. The number of amides is 1. The molecule has 3 aliphatic heterocycles. The molecule has 4 heterocycles. The minimum atomic E-state index is -0.247. The maximum Gasteiger partial charge on any atom is 0.246 e. The molecule has 1 amide bonds. The molecule has 9 heteroatoms. The predicted octanol–water partition coefficient (Wildman–Crippen LogP) is 4.05. The van der Waals surface area contributed by atoms with Crippen molar-refractivity contribution in [2.75, 3.05) is 49.6 Å². The number of carbonyl (C=O) groups is 1. The normalized spacial score (nSPS) is 23.1. The number of aromatic nitrogens is 1. The van der Waals surface area contributed by atoms with E-state index in [9.17, 15) is 14.4 Å². The van der Waals surface area contributed by atoms with Crippen LogP contribution in [0.25, 0.3) is 0 Å². The van der Waals surface area contributed by atoms with Crippen LogP contribution in [0.3, 0.4) is 0 Å². The number of nitriles is 1. The maximum atomic E-state index is 14.9. The summed E-state index contributed by atoms with van der Waals surface area (Å²) < 4.78 is 21.3. The molecule has 0 aliphatic carbocycles. The number of aryl methyl sites for hydroxylation is 1. The number of ether oxygens (including phenoxy) is 1. The highest BCUT2D eigenvalue weighted by Gasteiger charge is 2.37. The highest BCUT2D eigenvalue weighted by molar-refractivity contribution is 5.88. The largest absolute Gasteiger partial charge is 0.475 e. The van der Waals surface area contributed by atoms with E-state index in [1.807, 2.05) is 36.6 Å². The van der Waals surface area contributed by atoms with E-state index in [1.165, 1.54) is 12.1 Å². The van der Waals surface area contributed by atoms with Crippen molar-refractivity contribution in [1.29, 1.82) is 5.26 Å². The zero-order valence-electron chi connectivity index (χ0n) is 24.0. The Balaban J connectivity index is 1.55. The minimum absolute atomic E-state index is 0.0673. The van der Waals surface area contributed by atoms with Crippen molar-refractivity contribution in [3.05, 3.63) is 59.1 Å². The predicted molar refractivity (Wildman–Crippen MR) is 154 cm³/mol. The van der Waals surface area contributed by atoms with Crippen molar-refractivity contribution < 1.29 is 13.9 Å². The first-order valence-electron chi connectivity index (χ1n) is 14.2. The average Bonchev–Trinajstić information content (AvgIpc) is 3.34. The third-order valence-corrected chi connectivity index (χ3v) is 8.66. The van der Waals surface area contributed by atoms with Crippen molar-refractivity contribution in [2.45, 2.75) is 64.7 Å². The highest BCUT2D eigenvalue weighted by Crippen LogP contribution is 2.39. The van der Waals surface area contributed by atoms with Gasteiger partial charge in [-0.25, -0.2) is 9.37 Å². The van der Waals surface area contributed by atoms with Crippen LogP contribution in [0.2, 0.25) is 0 Å². The summed E-state index contributed by atoms with van der Waals surface area (Å²) in [5.74, 6) is 0.00907. The van der Waals surface area contributed by atoms with Crippen molar-refractivity contribution >= 4 is 17.3 Å². The lowest BCUT2D eigenvalue weighted by Crippen LogP contribution is -2.58. The third-order valence-electron chi connectivity index (χ3n) is 8.66. The molecule has 2 fully saturated rings. The van der Waals surface area contributed by atoms with Gasteiger partial charge in [-0.15, -0.1) is 0 Å². The molecule has 1 aromatic heterocycles. The summed E-state index contributed by atoms with van der Waals surface area (Å²) in [7, 11) is 2.10. The first kappa shape index (κ1) is 27.9. The second kappa shape index (κ2) is 11.5. The molecule has 8 nitrogen and oxygen atoms in total. The fourth-order valence-electron chi connectivity index (χ4n) is 6.71. The lowest BCUT2D eigenvalue weighted by Gasteiger charge is -2.46. The molecule has 40 heavy (non-hydrogen) atoms. The number of piperazine rings is 1. The molecule has 1 aromatic carbocycles. The summed E-state index contributed by atoms with van der Waals surface area (Å²) in [6, 6.07) is 7.71. The standard InChI is InChI=1S/C31H39FN6O2/c1-6-28(39)38-21(3)16-37(17-22(38)4)30-24-12-14-36(29-20(2)9-7-11-26(29)32)18-27(24)34-31(25(30)15-33)40-19-23-10-8-13-35(23)5/h6-7,9,11,21-23H,1,8,10,12-14,16-19H2,2-5H3/t21-,22+,23-/m0/s1. The quantitative estimate of drug-likeness (QED) is 0.506. The van der Waals surface area contributed by atoms with Gasteiger partial charge in [0.05, 0.1) is 23.6 Å². The Bertz CT molecular complexity index is 1310. The van der Waals surface area contributed by atoms with Gasteiger partial charge in [0.15, 0.2) is 0 Å². The van der Waals surface area contributed by atoms with Gasteiger partial charge >= 0.3 is 0 Å². The van der Waals surface area contributed by atoms with Crippen molar-refractivity contribution in [3.8, 4) is 11.9 Å². The van der Waals surface area contributed by atoms with Crippen LogP contribution in [-0.4, -0.2) is 78.7 Å². The Labute approximate surface area is 236 Å². The van der Waals surface area contributed by atoms with Gasteiger partial charge in [0.1, 0.15) is 24.1 Å². The van der Waals surface area contributed by atoms with Crippen molar-refractivity contribution in [3.63, 3.8) is 0 Å². The topological polar surface area (TPSA) is 75.9 Å². The molecule has 3 aliphatic rings. The third kappa shape index (κ3) is 5.13. The van der Waals surface area contributed by atoms with E-state index in [2.05, 4.69) is 29.5 Å². The minimum Gasteiger partial charge on any atom is -0.475 e. The van der Waals surface area contributed by atoms with Gasteiger partial charge in [0, 0.05) is 43.3 Å². The molecule has 2 saturated heterocycles. The second-order valence-corrected chi connectivity index (χ2v) is 11.4. The van der Waals surface area contributed by atoms with E-state index in [0.717, 1.165) is 41.9 Å². The summed E-state index contributed by atoms with van der Waals surface area (Å²) in [5, 5.41) is 10.4. The zero-order chi connectivity index (χ0) is 28.6. The number of rotatable bonds is 6. The number of likely N-dealkylation sites (tertiary alicyclic amines) is 1. The van der Waals surface area contributed by atoms with Crippen LogP contribution in [0.4, 0.5) is 15.8 Å². The molecule has 2 aromatic rings. The van der Waals surface area contributed by atoms with Gasteiger partial charge in [0.25, 0.3) is 0 Å². The first-order valence-corrected chi connectivity index (χ1v) is 14.2. The number of hydrogen-bond donors (Lipinski definition) is 0. The Hall–Kier alpha value is -3.64. The van der Waals surface area contributed by atoms with Crippen LogP contribution in [-0.2, 0) is 17.8 Å². The van der Waals surface area contributed by atoms with Gasteiger partial charge in [-0.05, 0) is 71.3 Å². The van der Waals surface area contributed by atoms with Crippen molar-refractivity contribution in [1.82, 2.24) is 14.8 Å². The van der Waals surface area contributed by atoms with E-state index >= 15 is 0 Å². The molecular weight excluding hydrogens is 507 g/mol. The number of carbonyl (C=O) groups excluding carboxylic acids is 1. The van der Waals surface area contributed by atoms with Crippen LogP contribution in [0.15, 0.2) is 30.9 Å². The lowest BCUT2D eigenvalue weighted by atomic mass is 9.96. The number of anilines is 2. The summed E-state index contributed by atoms with van der Waals surface area (Å²) in [6.07, 6.45) is 4.16. The number of likely N-dealkylation sites (N-methyl/N-ethyl adjacent to an activating group) is 1. The van der Waals surface area contributed by atoms with E-state index < -0.39 is 0 Å². The summed E-state index contributed by atoms with van der Waals surface area (Å²) >= 11 is 0. The Kier molecular flexibility index (Phi) is 7.99. The van der Waals surface area contributed by atoms with Gasteiger partial charge in [-0.2, -0.15) is 5.26 Å². The molecule has 3 atom stereocenters. The lowest BCUT2D eigenvalue weighted by molar-refractivity contribution is -0.130. The van der Waals surface area contributed by atoms with Gasteiger partial charge in [-0.3, -0.25) is 4.79 Å². The summed E-state index contributed by atoms with van der Waals surface area (Å²) in [5.41, 5.74) is 4.57. The first-order chi connectivity index (χ1) is 19.2. The maximum absolute atomic E-state index is 14.9. The number of fused-ring (bicyclic) bond motifs is 1. The monoisotopic (exact) mass is 546 g/mol. The highest BCUT2D eigenvalue weighted by atomic mass is 19.1. The molecule has 5 rings (SSSR count). The Morgan fingerprint density at radius 3 is 2.60 bits per heavy atom. The molecule has 0 spiro atoms. The van der Waals surface area contributed by atoms with Crippen LogP contribution in [0, 0.1) is 24.1 Å². The van der Waals surface area contributed by atoms with Crippen molar-refractivity contribution in [2.24, 2.45) is 0 Å². The molecular formula is C31H39FN6O2. The zero-order valence-corrected chi connectivity index (χ0v) is 24.0. The van der Waals surface area contributed by atoms with Gasteiger partial charge in [-0.1, -0.05) is 18.7 Å². The van der Waals surface area contributed by atoms with Gasteiger partial charge in [0.2, 0.25) is 11.8 Å². The van der Waals surface area contributed by atoms with Crippen LogP contribution in [0.5, 0.6) is 5.88 Å². The molecule has 0 bridgehead atoms. The van der Waals surface area contributed by atoms with Crippen LogP contribution < -0.4 is 14.5 Å². The number of para-hydroxylation sites is 1. The van der Waals surface area contributed by atoms with Crippen LogP contribution >= 0.6 is 0 Å². The summed E-state index contributed by atoms with van der Waals surface area (Å²) in [6.45, 7) is 13.3. The van der Waals surface area contributed by atoms with E-state index in [-0.39, 0.29) is 29.8 Å². The molecule has 0 unspecified atom stereocenters. The average molecular weight is 547 g/mol. The number of nitrogens with zero attached hydrogens (tertiary/aromatic N) is 6. The van der Waals surface area contributed by atoms with E-state index in [4.69, 9.17) is 9.72 Å². The number of pyridine rings is 1. The smallest absolute Gasteiger partial charge is 0.246 e. The second-order valence-electron chi connectivity index (χ2n) is 11.4. The van der Waals surface area contributed by atoms with E-state index in [1.54, 1.807) is 6.07 Å². The number of hydrogen-bond acceptors (Lipinski definition) is 7. The van der Waals surface area contributed by atoms with Crippen LogP contribution in [0.1, 0.15) is 49.1 Å². The molecule has 212 valence electrons. The number of halogens is 1. The van der Waals surface area contributed by atoms with Gasteiger partial charge < -0.3 is 24.3 Å². The number of benzene rings is 1. The Morgan fingerprint density at radius 2 is 1.98 bits per heavy atom. The SMILES string of the molecule is C=CC(=O)N1[C@H](C)CN(c2c(C#N)c(OC[C@@H]3CCCN3C)nc3c2CCN(c2c(C)cccc2F)C3)C[C@@H]1C. The summed E-state index contributed by atoms with van der Waals surface area (Å²) in [4.78, 5) is 25.9. The molecule has 0 saturated carbocycles. The Morgan fingerprint density at radius 1 is 1.23 bits per heavy atom. The fraction of sp³-hybridized carbons (Fsp3) is 0.516.